The second-order valence-corrected chi connectivity index (χ2v) is 10.5. The van der Waals surface area contributed by atoms with E-state index in [4.69, 9.17) is 9.84 Å². The minimum Gasteiger partial charge on any atom is -0.496 e. The van der Waals surface area contributed by atoms with E-state index in [1.807, 2.05) is 18.2 Å². The Morgan fingerprint density at radius 3 is 2.41 bits per heavy atom. The standard InChI is InChI=1S/C32H37N3O2/c1-23-13-14-27(19-24(23)2)29-21-30(28-11-7-8-12-31(28)37-3)35(33-29)32(36)22-34-17-15-26(16-18-34)20-25-9-5-4-6-10-25/h4-14,19,26,30H,15-18,20-22H2,1-3H3. The van der Waals surface area contributed by atoms with Crippen LogP contribution in [0, 0.1) is 19.8 Å². The highest BCUT2D eigenvalue weighted by Crippen LogP contribution is 2.37. The molecule has 5 nitrogen and oxygen atoms in total. The van der Waals surface area contributed by atoms with Crippen LogP contribution in [0.1, 0.15) is 53.1 Å². The molecular formula is C32H37N3O2. The summed E-state index contributed by atoms with van der Waals surface area (Å²) in [4.78, 5) is 16.0. The number of nitrogens with zero attached hydrogens (tertiary/aromatic N) is 3. The number of amides is 1. The Bertz CT molecular complexity index is 1260. The van der Waals surface area contributed by atoms with Gasteiger partial charge >= 0.3 is 0 Å². The minimum atomic E-state index is -0.170. The summed E-state index contributed by atoms with van der Waals surface area (Å²) in [5.41, 5.74) is 6.93. The summed E-state index contributed by atoms with van der Waals surface area (Å²) >= 11 is 0. The van der Waals surface area contributed by atoms with Gasteiger partial charge in [0.15, 0.2) is 0 Å². The van der Waals surface area contributed by atoms with Gasteiger partial charge in [0.2, 0.25) is 0 Å². The zero-order chi connectivity index (χ0) is 25.8. The number of para-hydroxylation sites is 1. The number of hydrazone groups is 1. The van der Waals surface area contributed by atoms with Gasteiger partial charge in [0.1, 0.15) is 5.75 Å². The lowest BCUT2D eigenvalue weighted by Crippen LogP contribution is -2.42. The van der Waals surface area contributed by atoms with E-state index in [0.29, 0.717) is 18.9 Å². The molecule has 3 aromatic rings. The molecule has 1 amide bonds. The topological polar surface area (TPSA) is 45.1 Å². The monoisotopic (exact) mass is 495 g/mol. The van der Waals surface area contributed by atoms with Crippen molar-refractivity contribution in [2.24, 2.45) is 11.0 Å². The van der Waals surface area contributed by atoms with Crippen LogP contribution in [0.15, 0.2) is 77.9 Å². The van der Waals surface area contributed by atoms with Crippen LogP contribution in [0.5, 0.6) is 5.75 Å². The van der Waals surface area contributed by atoms with Crippen molar-refractivity contribution in [1.29, 1.82) is 0 Å². The number of benzene rings is 3. The molecule has 0 aliphatic carbocycles. The molecule has 2 aliphatic heterocycles. The third-order valence-electron chi connectivity index (χ3n) is 7.94. The maximum absolute atomic E-state index is 13.7. The van der Waals surface area contributed by atoms with E-state index >= 15 is 0 Å². The van der Waals surface area contributed by atoms with E-state index in [1.165, 1.54) is 16.7 Å². The number of likely N-dealkylation sites (tertiary alicyclic amines) is 1. The van der Waals surface area contributed by atoms with Gasteiger partial charge in [0, 0.05) is 12.0 Å². The van der Waals surface area contributed by atoms with E-state index in [-0.39, 0.29) is 11.9 Å². The van der Waals surface area contributed by atoms with Gasteiger partial charge in [0.25, 0.3) is 5.91 Å². The van der Waals surface area contributed by atoms with Gasteiger partial charge in [-0.2, -0.15) is 5.10 Å². The van der Waals surface area contributed by atoms with Crippen LogP contribution in [-0.4, -0.2) is 48.3 Å². The van der Waals surface area contributed by atoms with Gasteiger partial charge in [0.05, 0.1) is 25.4 Å². The molecule has 0 aromatic heterocycles. The molecule has 0 radical (unpaired) electrons. The normalized spacial score (nSPS) is 18.6. The second kappa shape index (κ2) is 11.3. The van der Waals surface area contributed by atoms with Crippen LogP contribution in [0.25, 0.3) is 0 Å². The predicted molar refractivity (Wildman–Crippen MR) is 149 cm³/mol. The Morgan fingerprint density at radius 2 is 1.68 bits per heavy atom. The van der Waals surface area contributed by atoms with Gasteiger partial charge < -0.3 is 4.74 Å². The lowest BCUT2D eigenvalue weighted by molar-refractivity contribution is -0.134. The minimum absolute atomic E-state index is 0.0521. The number of piperidine rings is 1. The third kappa shape index (κ3) is 5.78. The number of rotatable bonds is 7. The molecule has 0 bridgehead atoms. The van der Waals surface area contributed by atoms with Crippen LogP contribution in [0.3, 0.4) is 0 Å². The fourth-order valence-corrected chi connectivity index (χ4v) is 5.58. The van der Waals surface area contributed by atoms with Crippen molar-refractivity contribution >= 4 is 11.6 Å². The summed E-state index contributed by atoms with van der Waals surface area (Å²) in [6.45, 7) is 6.53. The van der Waals surface area contributed by atoms with Crippen LogP contribution in [0.4, 0.5) is 0 Å². The molecule has 5 rings (SSSR count). The smallest absolute Gasteiger partial charge is 0.257 e. The van der Waals surface area contributed by atoms with Crippen LogP contribution in [-0.2, 0) is 11.2 Å². The van der Waals surface area contributed by atoms with Gasteiger partial charge in [-0.1, -0.05) is 60.7 Å². The van der Waals surface area contributed by atoms with Gasteiger partial charge in [-0.25, -0.2) is 5.01 Å². The Hall–Kier alpha value is -3.44. The molecule has 5 heteroatoms. The Labute approximate surface area is 220 Å². The maximum Gasteiger partial charge on any atom is 0.257 e. The van der Waals surface area contributed by atoms with Crippen molar-refractivity contribution in [2.75, 3.05) is 26.7 Å². The largest absolute Gasteiger partial charge is 0.496 e. The number of hydrogen-bond acceptors (Lipinski definition) is 4. The summed E-state index contributed by atoms with van der Waals surface area (Å²) in [6, 6.07) is 25.0. The predicted octanol–water partition coefficient (Wildman–Crippen LogP) is 5.94. The highest BCUT2D eigenvalue weighted by Gasteiger charge is 2.35. The van der Waals surface area contributed by atoms with E-state index in [1.54, 1.807) is 12.1 Å². The Kier molecular flexibility index (Phi) is 7.71. The first-order valence-corrected chi connectivity index (χ1v) is 13.4. The number of methoxy groups -OCH3 is 1. The van der Waals surface area contributed by atoms with Crippen molar-refractivity contribution in [1.82, 2.24) is 9.91 Å². The average Bonchev–Trinajstić information content (AvgIpc) is 3.37. The first-order chi connectivity index (χ1) is 18.0. The molecule has 0 saturated carbocycles. The summed E-state index contributed by atoms with van der Waals surface area (Å²) in [6.07, 6.45) is 4.03. The number of hydrogen-bond donors (Lipinski definition) is 0. The molecule has 0 N–H and O–H groups in total. The first kappa shape index (κ1) is 25.2. The Morgan fingerprint density at radius 1 is 0.946 bits per heavy atom. The molecule has 1 unspecified atom stereocenters. The van der Waals surface area contributed by atoms with E-state index in [2.05, 4.69) is 73.3 Å². The van der Waals surface area contributed by atoms with Crippen molar-refractivity contribution in [3.05, 3.63) is 101 Å². The van der Waals surface area contributed by atoms with E-state index in [0.717, 1.165) is 54.9 Å². The molecule has 37 heavy (non-hydrogen) atoms. The summed E-state index contributed by atoms with van der Waals surface area (Å²) in [5, 5.41) is 6.64. The fraction of sp³-hybridized carbons (Fsp3) is 0.375. The quantitative estimate of drug-likeness (QED) is 0.407. The van der Waals surface area contributed by atoms with Crippen molar-refractivity contribution < 1.29 is 9.53 Å². The highest BCUT2D eigenvalue weighted by molar-refractivity contribution is 6.03. The lowest BCUT2D eigenvalue weighted by atomic mass is 9.90. The number of aryl methyl sites for hydroxylation is 2. The van der Waals surface area contributed by atoms with Crippen molar-refractivity contribution in [3.63, 3.8) is 0 Å². The molecule has 2 heterocycles. The number of carbonyl (C=O) groups is 1. The molecule has 192 valence electrons. The SMILES string of the molecule is COc1ccccc1C1CC(c2ccc(C)c(C)c2)=NN1C(=O)CN1CCC(Cc2ccccc2)CC1. The van der Waals surface area contributed by atoms with E-state index < -0.39 is 0 Å². The lowest BCUT2D eigenvalue weighted by Gasteiger charge is -2.33. The Balaban J connectivity index is 1.31. The van der Waals surface area contributed by atoms with Gasteiger partial charge in [-0.3, -0.25) is 9.69 Å². The number of ether oxygens (including phenoxy) is 1. The van der Waals surface area contributed by atoms with Crippen LogP contribution >= 0.6 is 0 Å². The average molecular weight is 496 g/mol. The second-order valence-electron chi connectivity index (χ2n) is 10.5. The molecule has 1 fully saturated rings. The molecule has 1 saturated heterocycles. The van der Waals surface area contributed by atoms with Gasteiger partial charge in [-0.05, 0) is 86.5 Å². The number of carbonyl (C=O) groups excluding carboxylic acids is 1. The van der Waals surface area contributed by atoms with Crippen LogP contribution in [0.2, 0.25) is 0 Å². The zero-order valence-electron chi connectivity index (χ0n) is 22.2. The third-order valence-corrected chi connectivity index (χ3v) is 7.94. The first-order valence-electron chi connectivity index (χ1n) is 13.4. The fourth-order valence-electron chi connectivity index (χ4n) is 5.58. The van der Waals surface area contributed by atoms with Crippen molar-refractivity contribution in [3.8, 4) is 5.75 Å². The summed E-state index contributed by atoms with van der Waals surface area (Å²) in [5.74, 6) is 1.52. The van der Waals surface area contributed by atoms with Crippen molar-refractivity contribution in [2.45, 2.75) is 45.6 Å². The zero-order valence-corrected chi connectivity index (χ0v) is 22.2. The molecule has 3 aromatic carbocycles. The maximum atomic E-state index is 13.7. The summed E-state index contributed by atoms with van der Waals surface area (Å²) in [7, 11) is 1.69. The van der Waals surface area contributed by atoms with Crippen LogP contribution < -0.4 is 4.74 Å². The molecule has 1 atom stereocenters. The molecule has 0 spiro atoms. The van der Waals surface area contributed by atoms with E-state index in [9.17, 15) is 4.79 Å². The molecular weight excluding hydrogens is 458 g/mol. The highest BCUT2D eigenvalue weighted by atomic mass is 16.5. The summed E-state index contributed by atoms with van der Waals surface area (Å²) < 4.78 is 5.67. The van der Waals surface area contributed by atoms with Gasteiger partial charge in [-0.15, -0.1) is 0 Å². The molecule has 2 aliphatic rings.